The second kappa shape index (κ2) is 6.80. The van der Waals surface area contributed by atoms with Gasteiger partial charge in [-0.15, -0.1) is 0 Å². The second-order valence-electron chi connectivity index (χ2n) is 6.48. The van der Waals surface area contributed by atoms with Gasteiger partial charge >= 0.3 is 6.09 Å². The molecular weight excluding hydrogens is 373 g/mol. The van der Waals surface area contributed by atoms with Gasteiger partial charge in [0.05, 0.1) is 16.8 Å². The van der Waals surface area contributed by atoms with Crippen LogP contribution >= 0.6 is 11.6 Å². The molecule has 1 aromatic rings. The maximum absolute atomic E-state index is 14.2. The highest BCUT2D eigenvalue weighted by molar-refractivity contribution is 7.89. The number of ether oxygens (including phenoxy) is 1. The lowest BCUT2D eigenvalue weighted by Crippen LogP contribution is -2.50. The molecule has 0 aromatic heterocycles. The molecule has 1 heterocycles. The molecule has 7 nitrogen and oxygen atoms in total. The van der Waals surface area contributed by atoms with Gasteiger partial charge in [-0.3, -0.25) is 5.32 Å². The van der Waals surface area contributed by atoms with Crippen molar-refractivity contribution in [2.24, 2.45) is 4.99 Å². The third kappa shape index (κ3) is 4.60. The van der Waals surface area contributed by atoms with Gasteiger partial charge in [0.25, 0.3) is 0 Å². The van der Waals surface area contributed by atoms with Gasteiger partial charge in [0.15, 0.2) is 0 Å². The number of sulfonamides is 1. The Morgan fingerprint density at radius 1 is 1.44 bits per heavy atom. The lowest BCUT2D eigenvalue weighted by Gasteiger charge is -2.30. The molecule has 1 amide bonds. The van der Waals surface area contributed by atoms with Crippen molar-refractivity contribution >= 4 is 33.7 Å². The Morgan fingerprint density at radius 3 is 2.68 bits per heavy atom. The molecule has 0 aliphatic carbocycles. The first-order valence-electron chi connectivity index (χ1n) is 7.39. The van der Waals surface area contributed by atoms with Gasteiger partial charge in [0, 0.05) is 12.6 Å². The van der Waals surface area contributed by atoms with Gasteiger partial charge in [-0.05, 0) is 26.8 Å². The number of amides is 1. The summed E-state index contributed by atoms with van der Waals surface area (Å²) in [6.07, 6.45) is -0.861. The second-order valence-corrected chi connectivity index (χ2v) is 8.94. The number of benzene rings is 1. The molecule has 10 heteroatoms. The summed E-state index contributed by atoms with van der Waals surface area (Å²) in [5, 5.41) is 2.16. The number of carbonyl (C=O) groups excluding carboxylic acids is 1. The normalized spacial score (nSPS) is 20.0. The Labute approximate surface area is 150 Å². The molecular formula is C15H19ClFN3O4S. The molecule has 1 N–H and O–H groups in total. The molecule has 0 unspecified atom stereocenters. The largest absolute Gasteiger partial charge is 0.444 e. The Kier molecular flexibility index (Phi) is 5.29. The molecule has 0 saturated heterocycles. The van der Waals surface area contributed by atoms with Crippen molar-refractivity contribution in [1.29, 1.82) is 0 Å². The number of aliphatic imine (C=N–C) groups is 1. The smallest absolute Gasteiger partial charge is 0.414 e. The number of rotatable bonds is 1. The van der Waals surface area contributed by atoms with Crippen LogP contribution in [0.15, 0.2) is 23.2 Å². The topological polar surface area (TPSA) is 88.1 Å². The SMILES string of the molecule is CN1C(NC(=O)OC(C)(C)C)=N[C@H](c2cccc(Cl)c2F)CS1(=O)=O. The standard InChI is InChI=1S/C15H19ClFN3O4S/c1-15(2,3)24-14(21)19-13-18-11(8-25(22,23)20(13)4)9-6-5-7-10(16)12(9)17/h5-7,11H,8H2,1-4H3,(H,18,19,21)/t11-/m0/s1. The van der Waals surface area contributed by atoms with E-state index in [-0.39, 0.29) is 16.5 Å². The highest BCUT2D eigenvalue weighted by Crippen LogP contribution is 2.30. The Hall–Kier alpha value is -1.87. The van der Waals surface area contributed by atoms with Crippen molar-refractivity contribution in [1.82, 2.24) is 9.62 Å². The number of nitrogens with zero attached hydrogens (tertiary/aromatic N) is 2. The van der Waals surface area contributed by atoms with Gasteiger partial charge < -0.3 is 4.74 Å². The van der Waals surface area contributed by atoms with Crippen molar-refractivity contribution in [3.63, 3.8) is 0 Å². The van der Waals surface area contributed by atoms with Crippen LogP contribution in [0.1, 0.15) is 32.4 Å². The van der Waals surface area contributed by atoms with Crippen molar-refractivity contribution in [3.8, 4) is 0 Å². The quantitative estimate of drug-likeness (QED) is 0.797. The first-order chi connectivity index (χ1) is 11.4. The first kappa shape index (κ1) is 19.5. The van der Waals surface area contributed by atoms with Crippen LogP contribution in [0.4, 0.5) is 9.18 Å². The van der Waals surface area contributed by atoms with Gasteiger partial charge in [0.1, 0.15) is 11.4 Å². The Balaban J connectivity index is 2.38. The van der Waals surface area contributed by atoms with Crippen molar-refractivity contribution in [2.75, 3.05) is 12.8 Å². The van der Waals surface area contributed by atoms with E-state index in [9.17, 15) is 17.6 Å². The summed E-state index contributed by atoms with van der Waals surface area (Å²) in [6.45, 7) is 5.00. The van der Waals surface area contributed by atoms with E-state index in [1.165, 1.54) is 25.2 Å². The maximum atomic E-state index is 14.2. The summed E-state index contributed by atoms with van der Waals surface area (Å²) < 4.78 is 44.8. The number of guanidine groups is 1. The highest BCUT2D eigenvalue weighted by Gasteiger charge is 2.35. The molecule has 0 saturated carbocycles. The minimum Gasteiger partial charge on any atom is -0.444 e. The summed E-state index contributed by atoms with van der Waals surface area (Å²) in [7, 11) is -2.56. The Bertz CT molecular complexity index is 821. The number of carbonyl (C=O) groups is 1. The lowest BCUT2D eigenvalue weighted by atomic mass is 10.1. The molecule has 1 aliphatic rings. The van der Waals surface area contributed by atoms with E-state index in [0.29, 0.717) is 0 Å². The zero-order valence-electron chi connectivity index (χ0n) is 14.2. The number of nitrogens with one attached hydrogen (secondary N) is 1. The van der Waals surface area contributed by atoms with Crippen LogP contribution < -0.4 is 5.32 Å². The van der Waals surface area contributed by atoms with E-state index in [1.54, 1.807) is 20.8 Å². The summed E-state index contributed by atoms with van der Waals surface area (Å²) >= 11 is 5.75. The molecule has 0 radical (unpaired) electrons. The van der Waals surface area contributed by atoms with Gasteiger partial charge in [-0.2, -0.15) is 0 Å². The molecule has 1 aromatic carbocycles. The van der Waals surface area contributed by atoms with E-state index < -0.39 is 39.3 Å². The lowest BCUT2D eigenvalue weighted by molar-refractivity contribution is 0.0559. The van der Waals surface area contributed by atoms with Gasteiger partial charge in [0.2, 0.25) is 16.0 Å². The Morgan fingerprint density at radius 2 is 2.08 bits per heavy atom. The number of alkyl carbamates (subject to hydrolysis) is 1. The average molecular weight is 392 g/mol. The third-order valence-corrected chi connectivity index (χ3v) is 5.35. The van der Waals surface area contributed by atoms with E-state index in [2.05, 4.69) is 10.3 Å². The van der Waals surface area contributed by atoms with E-state index in [4.69, 9.17) is 16.3 Å². The number of hydrogen-bond acceptors (Lipinski definition) is 5. The molecule has 0 spiro atoms. The summed E-state index contributed by atoms with van der Waals surface area (Å²) in [4.78, 5) is 16.1. The van der Waals surface area contributed by atoms with E-state index in [1.807, 2.05) is 0 Å². The molecule has 1 aliphatic heterocycles. The summed E-state index contributed by atoms with van der Waals surface area (Å²) in [5.74, 6) is -1.43. The van der Waals surface area contributed by atoms with Crippen molar-refractivity contribution in [2.45, 2.75) is 32.4 Å². The first-order valence-corrected chi connectivity index (χ1v) is 9.38. The zero-order valence-corrected chi connectivity index (χ0v) is 15.8. The molecule has 1 atom stereocenters. The highest BCUT2D eigenvalue weighted by atomic mass is 35.5. The van der Waals surface area contributed by atoms with Crippen LogP contribution in [0.2, 0.25) is 5.02 Å². The predicted octanol–water partition coefficient (Wildman–Crippen LogP) is 2.68. The maximum Gasteiger partial charge on any atom is 0.414 e. The minimum absolute atomic E-state index is 0.0349. The zero-order chi connectivity index (χ0) is 19.0. The van der Waals surface area contributed by atoms with Crippen molar-refractivity contribution < 1.29 is 22.3 Å². The van der Waals surface area contributed by atoms with Crippen LogP contribution in [-0.4, -0.2) is 43.2 Å². The fraction of sp³-hybridized carbons (Fsp3) is 0.467. The van der Waals surface area contributed by atoms with Crippen molar-refractivity contribution in [3.05, 3.63) is 34.6 Å². The monoisotopic (exact) mass is 391 g/mol. The molecule has 138 valence electrons. The molecule has 2 rings (SSSR count). The van der Waals surface area contributed by atoms with Crippen LogP contribution in [0.25, 0.3) is 0 Å². The van der Waals surface area contributed by atoms with E-state index >= 15 is 0 Å². The fourth-order valence-electron chi connectivity index (χ4n) is 2.15. The van der Waals surface area contributed by atoms with Crippen LogP contribution in [0, 0.1) is 5.82 Å². The van der Waals surface area contributed by atoms with Crippen LogP contribution in [0.5, 0.6) is 0 Å². The van der Waals surface area contributed by atoms with Gasteiger partial charge in [-0.1, -0.05) is 23.7 Å². The number of halogens is 2. The fourth-order valence-corrected chi connectivity index (χ4v) is 3.57. The van der Waals surface area contributed by atoms with E-state index in [0.717, 1.165) is 4.31 Å². The minimum atomic E-state index is -3.80. The number of hydrogen-bond donors (Lipinski definition) is 1. The molecule has 25 heavy (non-hydrogen) atoms. The summed E-state index contributed by atoms with van der Waals surface area (Å²) in [6, 6.07) is 3.22. The van der Waals surface area contributed by atoms with Gasteiger partial charge in [-0.25, -0.2) is 26.9 Å². The van der Waals surface area contributed by atoms with Crippen LogP contribution in [-0.2, 0) is 14.8 Å². The molecule has 0 fully saturated rings. The summed E-state index contributed by atoms with van der Waals surface area (Å²) in [5.41, 5.74) is -0.734. The predicted molar refractivity (Wildman–Crippen MR) is 92.5 cm³/mol. The third-order valence-electron chi connectivity index (χ3n) is 3.32. The van der Waals surface area contributed by atoms with Crippen LogP contribution in [0.3, 0.4) is 0 Å². The average Bonchev–Trinajstić information content (AvgIpc) is 2.44. The molecule has 0 bridgehead atoms.